The highest BCUT2D eigenvalue weighted by atomic mass is 19.4. The first-order valence-electron chi connectivity index (χ1n) is 5.83. The van der Waals surface area contributed by atoms with E-state index in [1.807, 2.05) is 0 Å². The zero-order chi connectivity index (χ0) is 14.6. The molecule has 8 heteroatoms. The Hall–Kier alpha value is -1.73. The van der Waals surface area contributed by atoms with E-state index >= 15 is 0 Å². The van der Waals surface area contributed by atoms with Gasteiger partial charge in [-0.25, -0.2) is 4.79 Å². The van der Waals surface area contributed by atoms with Gasteiger partial charge in [-0.05, 0) is 13.8 Å². The summed E-state index contributed by atoms with van der Waals surface area (Å²) < 4.78 is 38.4. The third-order valence-corrected chi connectivity index (χ3v) is 2.60. The lowest BCUT2D eigenvalue weighted by molar-refractivity contribution is -0.139. The van der Waals surface area contributed by atoms with E-state index in [4.69, 9.17) is 0 Å². The summed E-state index contributed by atoms with van der Waals surface area (Å²) >= 11 is 0. The van der Waals surface area contributed by atoms with Crippen LogP contribution >= 0.6 is 0 Å². The van der Waals surface area contributed by atoms with Crippen LogP contribution in [0.25, 0.3) is 0 Å². The van der Waals surface area contributed by atoms with Crippen molar-refractivity contribution in [3.63, 3.8) is 0 Å². The van der Waals surface area contributed by atoms with E-state index in [1.54, 1.807) is 31.0 Å². The number of nitrogens with one attached hydrogen (secondary N) is 1. The quantitative estimate of drug-likeness (QED) is 0.916. The van der Waals surface area contributed by atoms with E-state index < -0.39 is 24.8 Å². The predicted molar refractivity (Wildman–Crippen MR) is 63.5 cm³/mol. The molecule has 1 heterocycles. The predicted octanol–water partition coefficient (Wildman–Crippen LogP) is 2.07. The second kappa shape index (κ2) is 5.94. The molecule has 0 fully saturated rings. The molecular weight excluding hydrogens is 261 g/mol. The van der Waals surface area contributed by atoms with Crippen molar-refractivity contribution >= 4 is 6.03 Å². The minimum atomic E-state index is -4.40. The zero-order valence-corrected chi connectivity index (χ0v) is 11.0. The van der Waals surface area contributed by atoms with Crippen molar-refractivity contribution in [2.24, 2.45) is 7.05 Å². The first-order valence-corrected chi connectivity index (χ1v) is 5.83. The largest absolute Gasteiger partial charge is 0.406 e. The Morgan fingerprint density at radius 2 is 2.21 bits per heavy atom. The lowest BCUT2D eigenvalue weighted by Crippen LogP contribution is -2.45. The van der Waals surface area contributed by atoms with Crippen LogP contribution in [-0.4, -0.2) is 40.0 Å². The highest BCUT2D eigenvalue weighted by molar-refractivity contribution is 5.74. The lowest BCUT2D eigenvalue weighted by atomic mass is 10.2. The van der Waals surface area contributed by atoms with Crippen molar-refractivity contribution in [2.45, 2.75) is 26.1 Å². The first kappa shape index (κ1) is 15.3. The molecule has 0 aliphatic carbocycles. The summed E-state index contributed by atoms with van der Waals surface area (Å²) in [7, 11) is 1.72. The van der Waals surface area contributed by atoms with Crippen molar-refractivity contribution in [3.05, 3.63) is 18.0 Å². The van der Waals surface area contributed by atoms with Crippen molar-refractivity contribution in [2.75, 3.05) is 13.1 Å². The standard InChI is InChI=1S/C11H17F3N4O/c1-4-18(7-11(12,13)14)10(19)16-8(2)9-5-15-17(3)6-9/h5-6,8H,4,7H2,1-3H3,(H,16,19)/t8-/m0/s1. The average Bonchev–Trinajstić information content (AvgIpc) is 2.71. The highest BCUT2D eigenvalue weighted by Crippen LogP contribution is 2.17. The highest BCUT2D eigenvalue weighted by Gasteiger charge is 2.32. The number of aryl methyl sites for hydroxylation is 1. The Bertz CT molecular complexity index is 430. The Morgan fingerprint density at radius 3 is 2.63 bits per heavy atom. The van der Waals surface area contributed by atoms with Crippen LogP contribution in [0, 0.1) is 0 Å². The fraction of sp³-hybridized carbons (Fsp3) is 0.636. The van der Waals surface area contributed by atoms with Crippen molar-refractivity contribution in [1.29, 1.82) is 0 Å². The molecule has 0 saturated carbocycles. The van der Waals surface area contributed by atoms with Crippen molar-refractivity contribution in [1.82, 2.24) is 20.0 Å². The smallest absolute Gasteiger partial charge is 0.331 e. The maximum absolute atomic E-state index is 12.3. The van der Waals surface area contributed by atoms with Crippen LogP contribution in [0.5, 0.6) is 0 Å². The number of nitrogens with zero attached hydrogens (tertiary/aromatic N) is 3. The molecular formula is C11H17F3N4O. The molecule has 1 aromatic heterocycles. The molecule has 1 atom stereocenters. The van der Waals surface area contributed by atoms with Gasteiger partial charge >= 0.3 is 12.2 Å². The number of halogens is 3. The molecule has 0 aliphatic rings. The van der Waals surface area contributed by atoms with Gasteiger partial charge in [-0.3, -0.25) is 4.68 Å². The molecule has 0 unspecified atom stereocenters. The Kier molecular flexibility index (Phi) is 4.79. The van der Waals surface area contributed by atoms with Gasteiger partial charge in [-0.1, -0.05) is 0 Å². The van der Waals surface area contributed by atoms with E-state index in [1.165, 1.54) is 6.92 Å². The van der Waals surface area contributed by atoms with Crippen LogP contribution in [0.4, 0.5) is 18.0 Å². The third kappa shape index (κ3) is 4.80. The maximum atomic E-state index is 12.3. The molecule has 2 amide bonds. The third-order valence-electron chi connectivity index (χ3n) is 2.60. The van der Waals surface area contributed by atoms with E-state index in [2.05, 4.69) is 10.4 Å². The fourth-order valence-corrected chi connectivity index (χ4v) is 1.57. The summed E-state index contributed by atoms with van der Waals surface area (Å²) in [5.74, 6) is 0. The molecule has 1 aromatic rings. The number of urea groups is 1. The van der Waals surface area contributed by atoms with E-state index in [0.717, 1.165) is 5.56 Å². The van der Waals surface area contributed by atoms with Gasteiger partial charge in [0.05, 0.1) is 12.2 Å². The first-order chi connectivity index (χ1) is 8.73. The van der Waals surface area contributed by atoms with Crippen LogP contribution in [0.15, 0.2) is 12.4 Å². The molecule has 0 aliphatic heterocycles. The van der Waals surface area contributed by atoms with Crippen LogP contribution in [0.3, 0.4) is 0 Å². The molecule has 0 radical (unpaired) electrons. The van der Waals surface area contributed by atoms with Gasteiger partial charge in [-0.2, -0.15) is 18.3 Å². The van der Waals surface area contributed by atoms with Gasteiger partial charge in [0, 0.05) is 25.4 Å². The summed E-state index contributed by atoms with van der Waals surface area (Å²) in [6, 6.07) is -1.14. The van der Waals surface area contributed by atoms with E-state index in [0.29, 0.717) is 4.90 Å². The molecule has 5 nitrogen and oxygen atoms in total. The second-order valence-corrected chi connectivity index (χ2v) is 4.25. The monoisotopic (exact) mass is 278 g/mol. The van der Waals surface area contributed by atoms with Crippen LogP contribution < -0.4 is 5.32 Å². The molecule has 1 N–H and O–H groups in total. The molecule has 19 heavy (non-hydrogen) atoms. The van der Waals surface area contributed by atoms with Crippen molar-refractivity contribution in [3.8, 4) is 0 Å². The molecule has 0 bridgehead atoms. The van der Waals surface area contributed by atoms with Gasteiger partial charge in [0.1, 0.15) is 6.54 Å². The number of amides is 2. The summed E-state index contributed by atoms with van der Waals surface area (Å²) in [6.07, 6.45) is -1.14. The molecule has 1 rings (SSSR count). The Balaban J connectivity index is 2.62. The Morgan fingerprint density at radius 1 is 1.58 bits per heavy atom. The van der Waals surface area contributed by atoms with Crippen LogP contribution in [0.1, 0.15) is 25.5 Å². The maximum Gasteiger partial charge on any atom is 0.406 e. The number of hydrogen-bond acceptors (Lipinski definition) is 2. The summed E-state index contributed by atoms with van der Waals surface area (Å²) in [5, 5.41) is 6.46. The van der Waals surface area contributed by atoms with Crippen LogP contribution in [-0.2, 0) is 7.05 Å². The van der Waals surface area contributed by atoms with E-state index in [-0.39, 0.29) is 6.54 Å². The average molecular weight is 278 g/mol. The lowest BCUT2D eigenvalue weighted by Gasteiger charge is -2.24. The van der Waals surface area contributed by atoms with Gasteiger partial charge in [0.2, 0.25) is 0 Å². The Labute approximate surface area is 109 Å². The SMILES string of the molecule is CCN(CC(F)(F)F)C(=O)N[C@@H](C)c1cnn(C)c1. The topological polar surface area (TPSA) is 50.2 Å². The van der Waals surface area contributed by atoms with Crippen molar-refractivity contribution < 1.29 is 18.0 Å². The summed E-state index contributed by atoms with van der Waals surface area (Å²) in [4.78, 5) is 12.4. The number of aromatic nitrogens is 2. The molecule has 108 valence electrons. The molecule has 0 saturated heterocycles. The molecule has 0 spiro atoms. The van der Waals surface area contributed by atoms with Gasteiger partial charge < -0.3 is 10.2 Å². The summed E-state index contributed by atoms with van der Waals surface area (Å²) in [5.41, 5.74) is 0.735. The van der Waals surface area contributed by atoms with E-state index in [9.17, 15) is 18.0 Å². The minimum absolute atomic E-state index is 0.00883. The number of hydrogen-bond donors (Lipinski definition) is 1. The fourth-order valence-electron chi connectivity index (χ4n) is 1.57. The number of carbonyl (C=O) groups excluding carboxylic acids is 1. The van der Waals surface area contributed by atoms with Gasteiger partial charge in [0.15, 0.2) is 0 Å². The molecule has 0 aromatic carbocycles. The number of alkyl halides is 3. The van der Waals surface area contributed by atoms with Crippen LogP contribution in [0.2, 0.25) is 0 Å². The van der Waals surface area contributed by atoms with Gasteiger partial charge in [-0.15, -0.1) is 0 Å². The minimum Gasteiger partial charge on any atom is -0.331 e. The number of rotatable bonds is 4. The summed E-state index contributed by atoms with van der Waals surface area (Å²) in [6.45, 7) is 1.93. The second-order valence-electron chi connectivity index (χ2n) is 4.25. The zero-order valence-electron chi connectivity index (χ0n) is 11.0. The normalized spacial score (nSPS) is 13.2. The number of carbonyl (C=O) groups is 1. The van der Waals surface area contributed by atoms with Gasteiger partial charge in [0.25, 0.3) is 0 Å².